The summed E-state index contributed by atoms with van der Waals surface area (Å²) in [5.41, 5.74) is 7.70. The molecule has 0 aromatic carbocycles. The highest BCUT2D eigenvalue weighted by Crippen LogP contribution is 2.50. The fraction of sp³-hybridized carbons (Fsp3) is 0.682. The molecule has 8 heteroatoms. The molecular formula is C22H31N5O2S. The summed E-state index contributed by atoms with van der Waals surface area (Å²) in [6.07, 6.45) is 8.74. The van der Waals surface area contributed by atoms with Crippen LogP contribution < -0.4 is 5.73 Å². The molecule has 2 aromatic heterocycles. The molecule has 2 aromatic rings. The molecule has 0 bridgehead atoms. The van der Waals surface area contributed by atoms with E-state index in [1.54, 1.807) is 17.7 Å². The second-order valence-corrected chi connectivity index (χ2v) is 10.1. The molecule has 2 N–H and O–H groups in total. The van der Waals surface area contributed by atoms with Crippen molar-refractivity contribution in [3.8, 4) is 0 Å². The predicted octanol–water partition coefficient (Wildman–Crippen LogP) is 2.65. The van der Waals surface area contributed by atoms with Gasteiger partial charge in [-0.2, -0.15) is 0 Å². The van der Waals surface area contributed by atoms with Crippen molar-refractivity contribution in [2.45, 2.75) is 50.5 Å². The minimum Gasteiger partial charge on any atom is -0.383 e. The molecule has 0 spiro atoms. The number of amides is 1. The number of carbonyl (C=O) groups is 1. The van der Waals surface area contributed by atoms with Gasteiger partial charge in [0, 0.05) is 24.0 Å². The predicted molar refractivity (Wildman–Crippen MR) is 119 cm³/mol. The Morgan fingerprint density at radius 3 is 2.97 bits per heavy atom. The molecule has 3 heterocycles. The molecule has 3 aliphatic rings. The van der Waals surface area contributed by atoms with Crippen molar-refractivity contribution in [3.05, 3.63) is 16.8 Å². The fourth-order valence-corrected chi connectivity index (χ4v) is 6.96. The molecule has 2 aliphatic carbocycles. The number of hydrogen-bond donors (Lipinski definition) is 1. The van der Waals surface area contributed by atoms with Crippen LogP contribution in [0.25, 0.3) is 10.2 Å². The number of ether oxygens (including phenoxy) is 1. The van der Waals surface area contributed by atoms with E-state index in [1.807, 2.05) is 4.90 Å². The van der Waals surface area contributed by atoms with Gasteiger partial charge in [0.2, 0.25) is 5.91 Å². The minimum absolute atomic E-state index is 0.236. The van der Waals surface area contributed by atoms with Gasteiger partial charge >= 0.3 is 0 Å². The average Bonchev–Trinajstić information content (AvgIpc) is 3.34. The Labute approximate surface area is 181 Å². The average molecular weight is 430 g/mol. The molecule has 162 valence electrons. The molecule has 1 amide bonds. The number of rotatable bonds is 4. The summed E-state index contributed by atoms with van der Waals surface area (Å²) in [7, 11) is 2.12. The van der Waals surface area contributed by atoms with Gasteiger partial charge in [-0.3, -0.25) is 9.69 Å². The third-order valence-electron chi connectivity index (χ3n) is 7.31. The molecule has 3 atom stereocenters. The molecule has 1 saturated carbocycles. The number of nitrogens with two attached hydrogens (primary N) is 1. The molecule has 2 fully saturated rings. The molecule has 30 heavy (non-hydrogen) atoms. The van der Waals surface area contributed by atoms with Crippen molar-refractivity contribution in [3.63, 3.8) is 0 Å². The lowest BCUT2D eigenvalue weighted by Crippen LogP contribution is -2.47. The van der Waals surface area contributed by atoms with Gasteiger partial charge in [0.1, 0.15) is 17.0 Å². The zero-order chi connectivity index (χ0) is 20.7. The second kappa shape index (κ2) is 8.40. The van der Waals surface area contributed by atoms with E-state index < -0.39 is 0 Å². The van der Waals surface area contributed by atoms with Crippen molar-refractivity contribution >= 4 is 33.3 Å². The number of carbonyl (C=O) groups excluding carboxylic acids is 1. The van der Waals surface area contributed by atoms with E-state index in [2.05, 4.69) is 21.9 Å². The number of morpholine rings is 1. The summed E-state index contributed by atoms with van der Waals surface area (Å²) in [5.74, 6) is 2.06. The largest absolute Gasteiger partial charge is 0.383 e. The van der Waals surface area contributed by atoms with Crippen LogP contribution in [0.2, 0.25) is 0 Å². The van der Waals surface area contributed by atoms with Crippen molar-refractivity contribution in [1.29, 1.82) is 0 Å². The van der Waals surface area contributed by atoms with E-state index >= 15 is 0 Å². The number of aromatic nitrogens is 2. The van der Waals surface area contributed by atoms with Crippen molar-refractivity contribution in [2.24, 2.45) is 5.92 Å². The second-order valence-electron chi connectivity index (χ2n) is 9.01. The first-order valence-electron chi connectivity index (χ1n) is 11.2. The third-order valence-corrected chi connectivity index (χ3v) is 8.49. The summed E-state index contributed by atoms with van der Waals surface area (Å²) >= 11 is 1.80. The van der Waals surface area contributed by atoms with Crippen LogP contribution in [-0.2, 0) is 16.0 Å². The van der Waals surface area contributed by atoms with Crippen LogP contribution in [0, 0.1) is 5.92 Å². The van der Waals surface area contributed by atoms with Gasteiger partial charge in [0.05, 0.1) is 25.1 Å². The van der Waals surface area contributed by atoms with Gasteiger partial charge in [0.25, 0.3) is 0 Å². The number of nitrogens with zero attached hydrogens (tertiary/aromatic N) is 4. The summed E-state index contributed by atoms with van der Waals surface area (Å²) in [6.45, 7) is 3.27. The van der Waals surface area contributed by atoms with Crippen LogP contribution in [0.5, 0.6) is 0 Å². The summed E-state index contributed by atoms with van der Waals surface area (Å²) in [4.78, 5) is 28.2. The lowest BCUT2D eigenvalue weighted by molar-refractivity contribution is -0.136. The van der Waals surface area contributed by atoms with E-state index in [0.29, 0.717) is 43.5 Å². The third kappa shape index (κ3) is 3.69. The number of likely N-dealkylation sites (N-methyl/N-ethyl adjacent to an activating group) is 1. The lowest BCUT2D eigenvalue weighted by atomic mass is 9.75. The summed E-state index contributed by atoms with van der Waals surface area (Å²) < 4.78 is 5.38. The molecule has 5 rings (SSSR count). The molecular weight excluding hydrogens is 398 g/mol. The smallest absolute Gasteiger partial charge is 0.236 e. The molecule has 1 aliphatic heterocycles. The van der Waals surface area contributed by atoms with Crippen LogP contribution in [-0.4, -0.2) is 71.6 Å². The SMILES string of the molecule is CN(CC(=O)N1CCOCC1)[C@H]1CCCC(C2CCc3sc4ncnc(N)c4c32)C1. The van der Waals surface area contributed by atoms with Crippen LogP contribution in [0.15, 0.2) is 6.33 Å². The zero-order valence-corrected chi connectivity index (χ0v) is 18.5. The number of anilines is 1. The van der Waals surface area contributed by atoms with Gasteiger partial charge in [-0.25, -0.2) is 9.97 Å². The first kappa shape index (κ1) is 20.2. The Hall–Kier alpha value is -1.77. The fourth-order valence-electron chi connectivity index (χ4n) is 5.73. The Morgan fingerprint density at radius 1 is 1.30 bits per heavy atom. The van der Waals surface area contributed by atoms with Gasteiger partial charge in [-0.05, 0) is 56.6 Å². The van der Waals surface area contributed by atoms with Crippen LogP contribution >= 0.6 is 11.3 Å². The standard InChI is InChI=1S/C22H31N5O2S/c1-26(12-18(28)27-7-9-29-10-8-27)15-4-2-3-14(11-15)16-5-6-17-19(16)20-21(23)24-13-25-22(20)30-17/h13-16H,2-12H2,1H3,(H2,23,24,25)/t14?,15-,16?/m0/s1. The molecule has 1 saturated heterocycles. The topological polar surface area (TPSA) is 84.6 Å². The number of nitrogen functional groups attached to an aromatic ring is 1. The number of fused-ring (bicyclic) bond motifs is 3. The monoisotopic (exact) mass is 429 g/mol. The maximum atomic E-state index is 12.7. The lowest BCUT2D eigenvalue weighted by Gasteiger charge is -2.38. The highest BCUT2D eigenvalue weighted by Gasteiger charge is 2.37. The Balaban J connectivity index is 1.29. The van der Waals surface area contributed by atoms with Crippen molar-refractivity contribution in [2.75, 3.05) is 45.6 Å². The van der Waals surface area contributed by atoms with Crippen LogP contribution in [0.1, 0.15) is 48.5 Å². The van der Waals surface area contributed by atoms with Crippen LogP contribution in [0.4, 0.5) is 5.82 Å². The Bertz CT molecular complexity index is 926. The van der Waals surface area contributed by atoms with Gasteiger partial charge < -0.3 is 15.4 Å². The van der Waals surface area contributed by atoms with E-state index in [-0.39, 0.29) is 5.91 Å². The molecule has 2 unspecified atom stereocenters. The molecule has 0 radical (unpaired) electrons. The number of aryl methyl sites for hydroxylation is 1. The highest BCUT2D eigenvalue weighted by atomic mass is 32.1. The zero-order valence-electron chi connectivity index (χ0n) is 17.7. The molecule has 7 nitrogen and oxygen atoms in total. The van der Waals surface area contributed by atoms with Crippen molar-refractivity contribution < 1.29 is 9.53 Å². The Kier molecular flexibility index (Phi) is 5.64. The first-order chi connectivity index (χ1) is 14.6. The van der Waals surface area contributed by atoms with Crippen LogP contribution in [0.3, 0.4) is 0 Å². The maximum Gasteiger partial charge on any atom is 0.236 e. The Morgan fingerprint density at radius 2 is 2.13 bits per heavy atom. The van der Waals surface area contributed by atoms with Crippen molar-refractivity contribution in [1.82, 2.24) is 19.8 Å². The normalized spacial score (nSPS) is 27.0. The summed E-state index contributed by atoms with van der Waals surface area (Å²) in [5, 5.41) is 1.11. The quantitative estimate of drug-likeness (QED) is 0.804. The van der Waals surface area contributed by atoms with Gasteiger partial charge in [-0.15, -0.1) is 11.3 Å². The number of thiophene rings is 1. The number of hydrogen-bond acceptors (Lipinski definition) is 7. The van der Waals surface area contributed by atoms with E-state index in [4.69, 9.17) is 10.5 Å². The van der Waals surface area contributed by atoms with E-state index in [0.717, 1.165) is 36.1 Å². The maximum absolute atomic E-state index is 12.7. The van der Waals surface area contributed by atoms with Gasteiger partial charge in [-0.1, -0.05) is 6.42 Å². The van der Waals surface area contributed by atoms with Gasteiger partial charge in [0.15, 0.2) is 0 Å². The highest BCUT2D eigenvalue weighted by molar-refractivity contribution is 7.19. The van der Waals surface area contributed by atoms with E-state index in [1.165, 1.54) is 36.1 Å². The van der Waals surface area contributed by atoms with E-state index in [9.17, 15) is 4.79 Å². The minimum atomic E-state index is 0.236. The summed E-state index contributed by atoms with van der Waals surface area (Å²) in [6, 6.07) is 0.469. The first-order valence-corrected chi connectivity index (χ1v) is 12.0.